The summed E-state index contributed by atoms with van der Waals surface area (Å²) >= 11 is 0. The normalized spacial score (nSPS) is 25.9. The summed E-state index contributed by atoms with van der Waals surface area (Å²) in [6.45, 7) is 1.58. The van der Waals surface area contributed by atoms with E-state index < -0.39 is 5.91 Å². The van der Waals surface area contributed by atoms with Crippen molar-refractivity contribution in [1.82, 2.24) is 10.4 Å². The van der Waals surface area contributed by atoms with Gasteiger partial charge < -0.3 is 0 Å². The zero-order chi connectivity index (χ0) is 16.0. The molecule has 1 aromatic carbocycles. The largest absolute Gasteiger partial charge is 0.295 e. The average molecular weight is 318 g/mol. The van der Waals surface area contributed by atoms with Crippen molar-refractivity contribution >= 4 is 5.91 Å². The minimum absolute atomic E-state index is 0.188. The number of amides is 1. The molecule has 2 N–H and O–H groups in total. The monoisotopic (exact) mass is 318 g/mol. The molecule has 2 aliphatic carbocycles. The molecule has 0 aromatic heterocycles. The Bertz CT molecular complexity index is 642. The van der Waals surface area contributed by atoms with Gasteiger partial charge in [0.15, 0.2) is 0 Å². The second-order valence-corrected chi connectivity index (χ2v) is 7.38. The molecule has 2 saturated carbocycles. The smallest absolute Gasteiger partial charge is 0.274 e. The molecule has 1 spiro atoms. The first-order valence-electron chi connectivity index (χ1n) is 8.63. The Hall–Kier alpha value is -1.46. The maximum absolute atomic E-state index is 14.5. The Morgan fingerprint density at radius 1 is 1.30 bits per heavy atom. The maximum Gasteiger partial charge on any atom is 0.274 e. The molecule has 0 radical (unpaired) electrons. The lowest BCUT2D eigenvalue weighted by molar-refractivity contribution is 0.0147. The van der Waals surface area contributed by atoms with E-state index in [0.717, 1.165) is 24.1 Å². The number of nitrogens with one attached hydrogen (secondary N) is 1. The van der Waals surface area contributed by atoms with Gasteiger partial charge in [0, 0.05) is 30.3 Å². The Morgan fingerprint density at radius 3 is 2.78 bits per heavy atom. The van der Waals surface area contributed by atoms with Gasteiger partial charge in [-0.1, -0.05) is 12.8 Å². The van der Waals surface area contributed by atoms with Gasteiger partial charge in [-0.05, 0) is 55.2 Å². The number of benzene rings is 1. The highest BCUT2D eigenvalue weighted by Gasteiger charge is 2.49. The summed E-state index contributed by atoms with van der Waals surface area (Å²) in [5.74, 6) is -0.982. The maximum atomic E-state index is 14.5. The number of halogens is 1. The molecule has 3 aliphatic rings. The number of hydrogen-bond acceptors (Lipinski definition) is 3. The molecule has 0 unspecified atom stereocenters. The van der Waals surface area contributed by atoms with Gasteiger partial charge in [0.25, 0.3) is 5.91 Å². The zero-order valence-corrected chi connectivity index (χ0v) is 13.3. The van der Waals surface area contributed by atoms with Crippen molar-refractivity contribution in [3.8, 4) is 0 Å². The van der Waals surface area contributed by atoms with Crippen LogP contribution in [-0.2, 0) is 13.0 Å². The van der Waals surface area contributed by atoms with Crippen molar-refractivity contribution in [2.45, 2.75) is 57.5 Å². The van der Waals surface area contributed by atoms with Crippen LogP contribution >= 0.6 is 0 Å². The topological polar surface area (TPSA) is 52.6 Å². The Morgan fingerprint density at radius 2 is 2.09 bits per heavy atom. The highest BCUT2D eigenvalue weighted by Crippen LogP contribution is 2.55. The molecule has 0 bridgehead atoms. The number of fused-ring (bicyclic) bond motifs is 1. The lowest BCUT2D eigenvalue weighted by Gasteiger charge is -2.49. The fraction of sp³-hybridized carbons (Fsp3) is 0.611. The third kappa shape index (κ3) is 2.37. The second kappa shape index (κ2) is 5.56. The Labute approximate surface area is 135 Å². The van der Waals surface area contributed by atoms with Crippen molar-refractivity contribution < 1.29 is 14.4 Å². The van der Waals surface area contributed by atoms with Crippen molar-refractivity contribution in [3.63, 3.8) is 0 Å². The van der Waals surface area contributed by atoms with E-state index in [2.05, 4.69) is 4.90 Å². The standard InChI is InChI=1S/C18H23FN2O2/c19-15-10-13(17(22)20-23)9-12-4-8-21(11-14(12)15)16-3-1-5-18(16)6-2-7-18/h9-10,16,23H,1-8,11H2,(H,20,22)/t16-/m0/s1. The highest BCUT2D eigenvalue weighted by atomic mass is 19.1. The molecule has 5 heteroatoms. The third-order valence-electron chi connectivity index (χ3n) is 6.33. The van der Waals surface area contributed by atoms with E-state index in [1.165, 1.54) is 44.6 Å². The zero-order valence-electron chi connectivity index (χ0n) is 13.3. The van der Waals surface area contributed by atoms with Crippen LogP contribution in [-0.4, -0.2) is 28.6 Å². The molecular weight excluding hydrogens is 295 g/mol. The van der Waals surface area contributed by atoms with E-state index in [-0.39, 0.29) is 11.4 Å². The molecule has 4 rings (SSSR count). The van der Waals surface area contributed by atoms with Gasteiger partial charge in [-0.3, -0.25) is 14.9 Å². The summed E-state index contributed by atoms with van der Waals surface area (Å²) in [4.78, 5) is 14.0. The number of carbonyl (C=O) groups excluding carboxylic acids is 1. The lowest BCUT2D eigenvalue weighted by Crippen LogP contribution is -2.49. The van der Waals surface area contributed by atoms with Crippen LogP contribution in [0.3, 0.4) is 0 Å². The molecule has 0 saturated heterocycles. The van der Waals surface area contributed by atoms with E-state index in [4.69, 9.17) is 5.21 Å². The van der Waals surface area contributed by atoms with E-state index in [9.17, 15) is 9.18 Å². The molecule has 124 valence electrons. The highest BCUT2D eigenvalue weighted by molar-refractivity contribution is 5.93. The van der Waals surface area contributed by atoms with E-state index in [1.807, 2.05) is 0 Å². The van der Waals surface area contributed by atoms with Crippen LogP contribution in [0.2, 0.25) is 0 Å². The molecule has 1 heterocycles. The molecule has 4 nitrogen and oxygen atoms in total. The number of hydrogen-bond donors (Lipinski definition) is 2. The van der Waals surface area contributed by atoms with Gasteiger partial charge in [-0.15, -0.1) is 0 Å². The van der Waals surface area contributed by atoms with Crippen LogP contribution in [0.4, 0.5) is 4.39 Å². The summed E-state index contributed by atoms with van der Waals surface area (Å²) in [5, 5.41) is 8.73. The van der Waals surface area contributed by atoms with Crippen molar-refractivity contribution in [2.75, 3.05) is 6.54 Å². The number of nitrogens with zero attached hydrogens (tertiary/aromatic N) is 1. The minimum atomic E-state index is -0.654. The molecule has 1 aromatic rings. The van der Waals surface area contributed by atoms with Crippen LogP contribution in [0.15, 0.2) is 12.1 Å². The van der Waals surface area contributed by atoms with Gasteiger partial charge >= 0.3 is 0 Å². The first-order valence-corrected chi connectivity index (χ1v) is 8.63. The van der Waals surface area contributed by atoms with Crippen LogP contribution in [0.1, 0.15) is 60.0 Å². The molecule has 2 fully saturated rings. The van der Waals surface area contributed by atoms with Crippen LogP contribution < -0.4 is 5.48 Å². The van der Waals surface area contributed by atoms with E-state index >= 15 is 0 Å². The summed E-state index contributed by atoms with van der Waals surface area (Å²) in [7, 11) is 0. The SMILES string of the molecule is O=C(NO)c1cc(F)c2c(c1)CCN([C@H]1CCCC13CCC3)C2. The van der Waals surface area contributed by atoms with Crippen LogP contribution in [0.25, 0.3) is 0 Å². The van der Waals surface area contributed by atoms with Crippen LogP contribution in [0, 0.1) is 11.2 Å². The summed E-state index contributed by atoms with van der Waals surface area (Å²) in [6, 6.07) is 3.56. The van der Waals surface area contributed by atoms with E-state index in [0.29, 0.717) is 18.0 Å². The Kier molecular flexibility index (Phi) is 3.65. The Balaban J connectivity index is 1.59. The first-order chi connectivity index (χ1) is 11.1. The average Bonchev–Trinajstić information content (AvgIpc) is 2.99. The predicted octanol–water partition coefficient (Wildman–Crippen LogP) is 3.03. The molecule has 1 aliphatic heterocycles. The van der Waals surface area contributed by atoms with Crippen molar-refractivity contribution in [1.29, 1.82) is 0 Å². The first kappa shape index (κ1) is 15.1. The van der Waals surface area contributed by atoms with E-state index in [1.54, 1.807) is 11.5 Å². The second-order valence-electron chi connectivity index (χ2n) is 7.38. The summed E-state index contributed by atoms with van der Waals surface area (Å²) in [6.07, 6.45) is 8.64. The van der Waals surface area contributed by atoms with Gasteiger partial charge in [0.05, 0.1) is 0 Å². The van der Waals surface area contributed by atoms with Gasteiger partial charge in [-0.2, -0.15) is 0 Å². The predicted molar refractivity (Wildman–Crippen MR) is 83.7 cm³/mol. The van der Waals surface area contributed by atoms with Crippen LogP contribution in [0.5, 0.6) is 0 Å². The molecular formula is C18H23FN2O2. The number of rotatable bonds is 2. The van der Waals surface area contributed by atoms with Crippen molar-refractivity contribution in [2.24, 2.45) is 5.41 Å². The number of carbonyl (C=O) groups is 1. The lowest BCUT2D eigenvalue weighted by atomic mass is 9.64. The fourth-order valence-electron chi connectivity index (χ4n) is 5.01. The quantitative estimate of drug-likeness (QED) is 0.651. The fourth-order valence-corrected chi connectivity index (χ4v) is 5.01. The van der Waals surface area contributed by atoms with Crippen molar-refractivity contribution in [3.05, 3.63) is 34.6 Å². The molecule has 23 heavy (non-hydrogen) atoms. The molecule has 1 amide bonds. The van der Waals surface area contributed by atoms with Gasteiger partial charge in [0.1, 0.15) is 5.82 Å². The third-order valence-corrected chi connectivity index (χ3v) is 6.33. The van der Waals surface area contributed by atoms with Gasteiger partial charge in [0.2, 0.25) is 0 Å². The molecule has 1 atom stereocenters. The summed E-state index contributed by atoms with van der Waals surface area (Å²) in [5.41, 5.74) is 3.90. The minimum Gasteiger partial charge on any atom is -0.295 e. The van der Waals surface area contributed by atoms with Gasteiger partial charge in [-0.25, -0.2) is 9.87 Å². The number of hydroxylamine groups is 1. The summed E-state index contributed by atoms with van der Waals surface area (Å²) < 4.78 is 14.5.